The topological polar surface area (TPSA) is 38.1 Å². The third-order valence-electron chi connectivity index (χ3n) is 1.83. The molecule has 68 valence electrons. The lowest BCUT2D eigenvalue weighted by Gasteiger charge is -1.98. The van der Waals surface area contributed by atoms with Crippen molar-refractivity contribution in [3.8, 4) is 0 Å². The van der Waals surface area contributed by atoms with Gasteiger partial charge < -0.3 is 9.73 Å². The molecule has 0 spiro atoms. The molecule has 0 saturated heterocycles. The van der Waals surface area contributed by atoms with Crippen molar-refractivity contribution in [1.29, 1.82) is 0 Å². The van der Waals surface area contributed by atoms with Crippen LogP contribution in [0, 0.1) is 0 Å². The van der Waals surface area contributed by atoms with Gasteiger partial charge in [0.2, 0.25) is 0 Å². The number of unbranched alkanes of at least 4 members (excludes halogenated alkanes) is 1. The summed E-state index contributed by atoms with van der Waals surface area (Å²) in [6.45, 7) is 2.98. The summed E-state index contributed by atoms with van der Waals surface area (Å²) in [5.74, 6) is 1.03. The molecule has 3 heteroatoms. The van der Waals surface area contributed by atoms with E-state index in [0.29, 0.717) is 0 Å². The van der Waals surface area contributed by atoms with Crippen molar-refractivity contribution in [2.24, 2.45) is 0 Å². The van der Waals surface area contributed by atoms with Crippen LogP contribution in [0.4, 0.5) is 0 Å². The Kier molecular flexibility index (Phi) is 3.80. The summed E-state index contributed by atoms with van der Waals surface area (Å²) >= 11 is 0. The molecule has 1 N–H and O–H groups in total. The van der Waals surface area contributed by atoms with E-state index >= 15 is 0 Å². The second-order valence-electron chi connectivity index (χ2n) is 2.86. The Morgan fingerprint density at radius 2 is 2.42 bits per heavy atom. The molecule has 0 fully saturated rings. The van der Waals surface area contributed by atoms with Crippen LogP contribution in [0.1, 0.15) is 31.2 Å². The molecule has 0 radical (unpaired) electrons. The quantitative estimate of drug-likeness (QED) is 0.727. The van der Waals surface area contributed by atoms with Gasteiger partial charge in [-0.2, -0.15) is 0 Å². The fraction of sp³-hybridized carbons (Fsp3) is 0.667. The molecule has 0 aliphatic carbocycles. The monoisotopic (exact) mass is 168 g/mol. The van der Waals surface area contributed by atoms with Crippen LogP contribution in [0.2, 0.25) is 0 Å². The second-order valence-corrected chi connectivity index (χ2v) is 2.86. The Hall–Kier alpha value is -0.830. The Morgan fingerprint density at radius 3 is 3.08 bits per heavy atom. The largest absolute Gasteiger partial charge is 0.448 e. The molecule has 0 bridgehead atoms. The minimum atomic E-state index is 0.801. The van der Waals surface area contributed by atoms with Gasteiger partial charge in [-0.25, -0.2) is 4.98 Å². The average Bonchev–Trinajstić information content (AvgIpc) is 2.50. The summed E-state index contributed by atoms with van der Waals surface area (Å²) in [6.07, 6.45) is 4.90. The highest BCUT2D eigenvalue weighted by atomic mass is 16.3. The van der Waals surface area contributed by atoms with Crippen molar-refractivity contribution >= 4 is 0 Å². The summed E-state index contributed by atoms with van der Waals surface area (Å²) in [5, 5.41) is 3.06. The van der Waals surface area contributed by atoms with Crippen LogP contribution in [0.5, 0.6) is 0 Å². The minimum Gasteiger partial charge on any atom is -0.448 e. The van der Waals surface area contributed by atoms with Gasteiger partial charge in [0.15, 0.2) is 6.39 Å². The molecule has 3 nitrogen and oxygen atoms in total. The van der Waals surface area contributed by atoms with Gasteiger partial charge in [0.1, 0.15) is 5.76 Å². The van der Waals surface area contributed by atoms with Crippen LogP contribution < -0.4 is 5.32 Å². The number of nitrogens with zero attached hydrogens (tertiary/aromatic N) is 1. The SMILES string of the molecule is CCCCc1ocnc1CNC. The Labute approximate surface area is 73.2 Å². The predicted molar refractivity (Wildman–Crippen MR) is 47.9 cm³/mol. The molecule has 12 heavy (non-hydrogen) atoms. The normalized spacial score (nSPS) is 10.5. The van der Waals surface area contributed by atoms with Crippen molar-refractivity contribution in [2.45, 2.75) is 32.7 Å². The Bertz CT molecular complexity index is 220. The number of oxazole rings is 1. The number of rotatable bonds is 5. The van der Waals surface area contributed by atoms with E-state index in [2.05, 4.69) is 17.2 Å². The Balaban J connectivity index is 2.51. The number of aromatic nitrogens is 1. The van der Waals surface area contributed by atoms with Crippen LogP contribution in [0.25, 0.3) is 0 Å². The maximum absolute atomic E-state index is 5.27. The molecule has 1 aromatic heterocycles. The molecular weight excluding hydrogens is 152 g/mol. The van der Waals surface area contributed by atoms with E-state index in [0.717, 1.165) is 24.4 Å². The number of aryl methyl sites for hydroxylation is 1. The van der Waals surface area contributed by atoms with Gasteiger partial charge in [0.25, 0.3) is 0 Å². The predicted octanol–water partition coefficient (Wildman–Crippen LogP) is 1.74. The van der Waals surface area contributed by atoms with Gasteiger partial charge in [-0.05, 0) is 13.5 Å². The Morgan fingerprint density at radius 1 is 1.58 bits per heavy atom. The third-order valence-corrected chi connectivity index (χ3v) is 1.83. The maximum Gasteiger partial charge on any atom is 0.181 e. The van der Waals surface area contributed by atoms with Crippen molar-refractivity contribution in [2.75, 3.05) is 7.05 Å². The van der Waals surface area contributed by atoms with E-state index in [-0.39, 0.29) is 0 Å². The molecule has 0 aliphatic rings. The molecule has 1 rings (SSSR count). The summed E-state index contributed by atoms with van der Waals surface area (Å²) < 4.78 is 5.27. The summed E-state index contributed by atoms with van der Waals surface area (Å²) in [5.41, 5.74) is 1.05. The summed E-state index contributed by atoms with van der Waals surface area (Å²) in [4.78, 5) is 4.13. The lowest BCUT2D eigenvalue weighted by molar-refractivity contribution is 0.491. The fourth-order valence-corrected chi connectivity index (χ4v) is 1.15. The van der Waals surface area contributed by atoms with Gasteiger partial charge in [0.05, 0.1) is 5.69 Å². The smallest absolute Gasteiger partial charge is 0.181 e. The lowest BCUT2D eigenvalue weighted by atomic mass is 10.2. The highest BCUT2D eigenvalue weighted by Gasteiger charge is 2.05. The minimum absolute atomic E-state index is 0.801. The third kappa shape index (κ3) is 2.34. The molecular formula is C9H16N2O. The molecule has 0 atom stereocenters. The van der Waals surface area contributed by atoms with Crippen LogP contribution in [-0.2, 0) is 13.0 Å². The highest BCUT2D eigenvalue weighted by Crippen LogP contribution is 2.09. The van der Waals surface area contributed by atoms with E-state index in [4.69, 9.17) is 4.42 Å². The van der Waals surface area contributed by atoms with Crippen LogP contribution in [-0.4, -0.2) is 12.0 Å². The maximum atomic E-state index is 5.27. The molecule has 0 saturated carbocycles. The first-order valence-electron chi connectivity index (χ1n) is 4.44. The number of nitrogens with one attached hydrogen (secondary N) is 1. The molecule has 0 unspecified atom stereocenters. The van der Waals surface area contributed by atoms with Crippen molar-refractivity contribution in [3.63, 3.8) is 0 Å². The zero-order chi connectivity index (χ0) is 8.81. The zero-order valence-electron chi connectivity index (χ0n) is 7.76. The van der Waals surface area contributed by atoms with Gasteiger partial charge >= 0.3 is 0 Å². The first-order valence-corrected chi connectivity index (χ1v) is 4.44. The van der Waals surface area contributed by atoms with Gasteiger partial charge in [-0.15, -0.1) is 0 Å². The highest BCUT2D eigenvalue weighted by molar-refractivity contribution is 5.06. The molecule has 1 aromatic rings. The van der Waals surface area contributed by atoms with E-state index in [1.165, 1.54) is 19.2 Å². The summed E-state index contributed by atoms with van der Waals surface area (Å²) in [7, 11) is 1.91. The first kappa shape index (κ1) is 9.26. The number of hydrogen-bond donors (Lipinski definition) is 1. The van der Waals surface area contributed by atoms with Crippen molar-refractivity contribution < 1.29 is 4.42 Å². The van der Waals surface area contributed by atoms with E-state index in [9.17, 15) is 0 Å². The van der Waals surface area contributed by atoms with Crippen molar-refractivity contribution in [3.05, 3.63) is 17.8 Å². The van der Waals surface area contributed by atoms with Crippen LogP contribution >= 0.6 is 0 Å². The second kappa shape index (κ2) is 4.93. The van der Waals surface area contributed by atoms with Gasteiger partial charge in [-0.3, -0.25) is 0 Å². The zero-order valence-corrected chi connectivity index (χ0v) is 7.76. The van der Waals surface area contributed by atoms with Gasteiger partial charge in [-0.1, -0.05) is 13.3 Å². The molecule has 0 aromatic carbocycles. The van der Waals surface area contributed by atoms with Crippen molar-refractivity contribution in [1.82, 2.24) is 10.3 Å². The van der Waals surface area contributed by atoms with E-state index in [1.54, 1.807) is 0 Å². The average molecular weight is 168 g/mol. The fourth-order valence-electron chi connectivity index (χ4n) is 1.15. The van der Waals surface area contributed by atoms with E-state index < -0.39 is 0 Å². The molecule has 0 amide bonds. The first-order chi connectivity index (χ1) is 5.88. The number of hydrogen-bond acceptors (Lipinski definition) is 3. The van der Waals surface area contributed by atoms with Crippen LogP contribution in [0.3, 0.4) is 0 Å². The van der Waals surface area contributed by atoms with E-state index in [1.807, 2.05) is 7.05 Å². The standard InChI is InChI=1S/C9H16N2O/c1-3-4-5-9-8(6-10-2)11-7-12-9/h7,10H,3-6H2,1-2H3. The van der Waals surface area contributed by atoms with Crippen LogP contribution in [0.15, 0.2) is 10.8 Å². The lowest BCUT2D eigenvalue weighted by Crippen LogP contribution is -2.07. The molecule has 1 heterocycles. The summed E-state index contributed by atoms with van der Waals surface area (Å²) in [6, 6.07) is 0. The molecule has 0 aliphatic heterocycles. The van der Waals surface area contributed by atoms with Gasteiger partial charge in [0, 0.05) is 13.0 Å².